The quantitative estimate of drug-likeness (QED) is 0.184. The number of urea groups is 1. The van der Waals surface area contributed by atoms with Gasteiger partial charge in [0.25, 0.3) is 0 Å². The van der Waals surface area contributed by atoms with Crippen LogP contribution in [0.15, 0.2) is 90.1 Å². The zero-order chi connectivity index (χ0) is 24.5. The molecule has 4 aromatic rings. The van der Waals surface area contributed by atoms with Crippen molar-refractivity contribution in [2.45, 2.75) is 38.4 Å². The van der Waals surface area contributed by atoms with Crippen LogP contribution in [0.25, 0.3) is 22.5 Å². The lowest BCUT2D eigenvalue weighted by Gasteiger charge is -2.11. The number of anilines is 1. The van der Waals surface area contributed by atoms with Gasteiger partial charge in [-0.3, -0.25) is 0 Å². The molecule has 3 aromatic carbocycles. The average molecular weight is 485 g/mol. The molecular formula is C29H32N4OS. The monoisotopic (exact) mass is 484 g/mol. The molecular weight excluding hydrogens is 452 g/mol. The minimum atomic E-state index is -0.162. The van der Waals surface area contributed by atoms with Gasteiger partial charge in [0.05, 0.1) is 11.4 Å². The summed E-state index contributed by atoms with van der Waals surface area (Å²) in [5, 5.41) is 6.87. The molecule has 0 saturated heterocycles. The normalized spacial score (nSPS) is 10.8. The summed E-state index contributed by atoms with van der Waals surface area (Å²) >= 11 is 1.78. The molecule has 6 heteroatoms. The lowest BCUT2D eigenvalue weighted by Crippen LogP contribution is -2.29. The molecule has 0 radical (unpaired) electrons. The Hall–Kier alpha value is -3.51. The zero-order valence-electron chi connectivity index (χ0n) is 20.3. The number of rotatable bonds is 10. The first-order valence-corrected chi connectivity index (χ1v) is 13.1. The summed E-state index contributed by atoms with van der Waals surface area (Å²) < 4.78 is 2.32. The van der Waals surface area contributed by atoms with Gasteiger partial charge in [-0.1, -0.05) is 84.6 Å². The van der Waals surface area contributed by atoms with Crippen molar-refractivity contribution in [3.8, 4) is 22.5 Å². The SMILES string of the molecule is CCn1c(SCCCCNC(=O)Nc2cccc(C)c2)nc(-c2ccccc2)c1-c1ccccc1. The van der Waals surface area contributed by atoms with Crippen molar-refractivity contribution < 1.29 is 4.79 Å². The van der Waals surface area contributed by atoms with Crippen LogP contribution in [0.2, 0.25) is 0 Å². The van der Waals surface area contributed by atoms with Crippen LogP contribution in [0.4, 0.5) is 10.5 Å². The number of aromatic nitrogens is 2. The minimum Gasteiger partial charge on any atom is -0.338 e. The molecule has 0 aliphatic rings. The first kappa shape index (κ1) is 24.6. The zero-order valence-corrected chi connectivity index (χ0v) is 21.1. The number of hydrogen-bond donors (Lipinski definition) is 2. The van der Waals surface area contributed by atoms with E-state index in [2.05, 4.69) is 70.7 Å². The van der Waals surface area contributed by atoms with E-state index in [1.807, 2.05) is 43.3 Å². The summed E-state index contributed by atoms with van der Waals surface area (Å²) in [5.74, 6) is 0.945. The van der Waals surface area contributed by atoms with Crippen LogP contribution in [0, 0.1) is 6.92 Å². The largest absolute Gasteiger partial charge is 0.338 e. The van der Waals surface area contributed by atoms with Crippen molar-refractivity contribution >= 4 is 23.5 Å². The fourth-order valence-electron chi connectivity index (χ4n) is 4.01. The van der Waals surface area contributed by atoms with Gasteiger partial charge in [0, 0.05) is 35.7 Å². The summed E-state index contributed by atoms with van der Waals surface area (Å²) in [7, 11) is 0. The van der Waals surface area contributed by atoms with Gasteiger partial charge in [0.15, 0.2) is 5.16 Å². The highest BCUT2D eigenvalue weighted by Crippen LogP contribution is 2.36. The molecule has 5 nitrogen and oxygen atoms in total. The van der Waals surface area contributed by atoms with Crippen molar-refractivity contribution in [2.75, 3.05) is 17.6 Å². The molecule has 0 bridgehead atoms. The fourth-order valence-corrected chi connectivity index (χ4v) is 5.08. The van der Waals surface area contributed by atoms with Crippen LogP contribution in [0.1, 0.15) is 25.3 Å². The number of nitrogens with one attached hydrogen (secondary N) is 2. The molecule has 0 unspecified atom stereocenters. The average Bonchev–Trinajstić information content (AvgIpc) is 3.25. The third-order valence-corrected chi connectivity index (χ3v) is 6.77. The topological polar surface area (TPSA) is 59.0 Å². The number of carbonyl (C=O) groups excluding carboxylic acids is 1. The van der Waals surface area contributed by atoms with Gasteiger partial charge in [0.2, 0.25) is 0 Å². The molecule has 1 heterocycles. The molecule has 0 spiro atoms. The summed E-state index contributed by atoms with van der Waals surface area (Å²) in [5.41, 5.74) is 6.43. The van der Waals surface area contributed by atoms with Crippen molar-refractivity contribution in [2.24, 2.45) is 0 Å². The first-order valence-electron chi connectivity index (χ1n) is 12.1. The van der Waals surface area contributed by atoms with E-state index in [0.29, 0.717) is 6.54 Å². The molecule has 2 amide bonds. The first-order chi connectivity index (χ1) is 17.2. The third-order valence-electron chi connectivity index (χ3n) is 5.71. The second-order valence-corrected chi connectivity index (χ2v) is 9.44. The Kier molecular flexibility index (Phi) is 8.63. The lowest BCUT2D eigenvalue weighted by atomic mass is 10.0. The van der Waals surface area contributed by atoms with E-state index < -0.39 is 0 Å². The van der Waals surface area contributed by atoms with Crippen LogP contribution in [0.5, 0.6) is 0 Å². The highest BCUT2D eigenvalue weighted by Gasteiger charge is 2.19. The number of thioether (sulfide) groups is 1. The summed E-state index contributed by atoms with van der Waals surface area (Å²) in [6.07, 6.45) is 1.91. The molecule has 4 rings (SSSR count). The lowest BCUT2D eigenvalue weighted by molar-refractivity contribution is 0.252. The molecule has 2 N–H and O–H groups in total. The van der Waals surface area contributed by atoms with E-state index in [1.165, 1.54) is 5.56 Å². The summed E-state index contributed by atoms with van der Waals surface area (Å²) in [4.78, 5) is 17.2. The van der Waals surface area contributed by atoms with Crippen LogP contribution >= 0.6 is 11.8 Å². The second kappa shape index (κ2) is 12.3. The maximum Gasteiger partial charge on any atom is 0.319 e. The highest BCUT2D eigenvalue weighted by atomic mass is 32.2. The molecule has 0 aliphatic heterocycles. The minimum absolute atomic E-state index is 0.162. The van der Waals surface area contributed by atoms with E-state index in [4.69, 9.17) is 4.98 Å². The Labute approximate surface area is 212 Å². The van der Waals surface area contributed by atoms with Gasteiger partial charge < -0.3 is 15.2 Å². The molecule has 1 aromatic heterocycles. The van der Waals surface area contributed by atoms with Gasteiger partial charge in [-0.05, 0) is 44.4 Å². The molecule has 0 atom stereocenters. The van der Waals surface area contributed by atoms with Crippen molar-refractivity contribution in [3.63, 3.8) is 0 Å². The standard InChI is InChI=1S/C29H32N4OS/c1-3-33-27(24-16-8-5-9-17-24)26(23-14-6-4-7-15-23)32-29(33)35-20-11-10-19-30-28(34)31-25-18-12-13-22(2)21-25/h4-9,12-18,21H,3,10-11,19-20H2,1-2H3,(H2,30,31,34). The van der Waals surface area contributed by atoms with Gasteiger partial charge in [-0.2, -0.15) is 0 Å². The second-order valence-electron chi connectivity index (χ2n) is 8.37. The van der Waals surface area contributed by atoms with E-state index in [1.54, 1.807) is 11.8 Å². The number of nitrogens with zero attached hydrogens (tertiary/aromatic N) is 2. The summed E-state index contributed by atoms with van der Waals surface area (Å²) in [6, 6.07) is 28.5. The number of aryl methyl sites for hydroxylation is 1. The summed E-state index contributed by atoms with van der Waals surface area (Å²) in [6.45, 7) is 5.68. The molecule has 180 valence electrons. The Bertz CT molecular complexity index is 1240. The van der Waals surface area contributed by atoms with E-state index in [9.17, 15) is 4.79 Å². The highest BCUT2D eigenvalue weighted by molar-refractivity contribution is 7.99. The number of unbranched alkanes of at least 4 members (excludes halogenated alkanes) is 1. The number of hydrogen-bond acceptors (Lipinski definition) is 3. The Balaban J connectivity index is 1.35. The maximum absolute atomic E-state index is 12.1. The molecule has 35 heavy (non-hydrogen) atoms. The number of imidazole rings is 1. The van der Waals surface area contributed by atoms with Crippen LogP contribution < -0.4 is 10.6 Å². The smallest absolute Gasteiger partial charge is 0.319 e. The van der Waals surface area contributed by atoms with E-state index in [0.717, 1.165) is 58.5 Å². The fraction of sp³-hybridized carbons (Fsp3) is 0.241. The predicted molar refractivity (Wildman–Crippen MR) is 147 cm³/mol. The van der Waals surface area contributed by atoms with Gasteiger partial charge in [-0.15, -0.1) is 0 Å². The molecule has 0 fully saturated rings. The Morgan fingerprint density at radius 3 is 2.31 bits per heavy atom. The van der Waals surface area contributed by atoms with Gasteiger partial charge in [0.1, 0.15) is 0 Å². The number of amides is 2. The van der Waals surface area contributed by atoms with Crippen molar-refractivity contribution in [1.82, 2.24) is 14.9 Å². The van der Waals surface area contributed by atoms with Crippen LogP contribution in [0.3, 0.4) is 0 Å². The Morgan fingerprint density at radius 2 is 1.63 bits per heavy atom. The Morgan fingerprint density at radius 1 is 0.914 bits per heavy atom. The maximum atomic E-state index is 12.1. The molecule has 0 aliphatic carbocycles. The number of benzene rings is 3. The van der Waals surface area contributed by atoms with E-state index >= 15 is 0 Å². The third kappa shape index (κ3) is 6.55. The number of carbonyl (C=O) groups is 1. The van der Waals surface area contributed by atoms with E-state index in [-0.39, 0.29) is 6.03 Å². The van der Waals surface area contributed by atoms with Gasteiger partial charge >= 0.3 is 6.03 Å². The van der Waals surface area contributed by atoms with Crippen LogP contribution in [-0.2, 0) is 6.54 Å². The van der Waals surface area contributed by atoms with Crippen molar-refractivity contribution in [3.05, 3.63) is 90.5 Å². The molecule has 0 saturated carbocycles. The van der Waals surface area contributed by atoms with Crippen molar-refractivity contribution in [1.29, 1.82) is 0 Å². The van der Waals surface area contributed by atoms with Crippen LogP contribution in [-0.4, -0.2) is 27.9 Å². The van der Waals surface area contributed by atoms with Gasteiger partial charge in [-0.25, -0.2) is 9.78 Å². The predicted octanol–water partition coefficient (Wildman–Crippen LogP) is 7.24.